The van der Waals surface area contributed by atoms with Crippen LogP contribution in [-0.4, -0.2) is 32.1 Å². The fourth-order valence-corrected chi connectivity index (χ4v) is 1.76. The van der Waals surface area contributed by atoms with Crippen LogP contribution < -0.4 is 15.4 Å². The second-order valence-corrected chi connectivity index (χ2v) is 4.86. The smallest absolute Gasteiger partial charge is 0.225 e. The Hall–Kier alpha value is -0.780. The standard InChI is InChI=1S/C12H15BrN2O2.ClH/c13-10-1-3-11(4-2-10)17-6-5-15-12(16)9-7-14-8-9;/h1-4,9,14H,5-8H2,(H,15,16);1H. The maximum absolute atomic E-state index is 11.5. The summed E-state index contributed by atoms with van der Waals surface area (Å²) in [6.07, 6.45) is 0. The van der Waals surface area contributed by atoms with Gasteiger partial charge in [0.05, 0.1) is 12.5 Å². The van der Waals surface area contributed by atoms with E-state index in [2.05, 4.69) is 26.6 Å². The SMILES string of the molecule is Cl.O=C(NCCOc1ccc(Br)cc1)C1CNC1. The lowest BCUT2D eigenvalue weighted by Crippen LogP contribution is -2.51. The molecule has 0 unspecified atom stereocenters. The quantitative estimate of drug-likeness (QED) is 0.804. The molecular formula is C12H16BrClN2O2. The zero-order chi connectivity index (χ0) is 12.1. The zero-order valence-corrected chi connectivity index (χ0v) is 12.2. The highest BCUT2D eigenvalue weighted by atomic mass is 79.9. The van der Waals surface area contributed by atoms with Gasteiger partial charge in [0.1, 0.15) is 12.4 Å². The van der Waals surface area contributed by atoms with Gasteiger partial charge in [-0.1, -0.05) is 15.9 Å². The first-order chi connectivity index (χ1) is 8.25. The number of halogens is 2. The number of hydrogen-bond donors (Lipinski definition) is 2. The number of benzene rings is 1. The second kappa shape index (κ2) is 7.61. The molecular weight excluding hydrogens is 320 g/mol. The van der Waals surface area contributed by atoms with E-state index in [-0.39, 0.29) is 24.2 Å². The Morgan fingerprint density at radius 1 is 1.39 bits per heavy atom. The summed E-state index contributed by atoms with van der Waals surface area (Å²) in [6.45, 7) is 2.62. The van der Waals surface area contributed by atoms with Gasteiger partial charge >= 0.3 is 0 Å². The minimum Gasteiger partial charge on any atom is -0.492 e. The van der Waals surface area contributed by atoms with Crippen LogP contribution in [0.25, 0.3) is 0 Å². The summed E-state index contributed by atoms with van der Waals surface area (Å²) in [6, 6.07) is 7.63. The van der Waals surface area contributed by atoms with Crippen molar-refractivity contribution in [1.82, 2.24) is 10.6 Å². The predicted molar refractivity (Wildman–Crippen MR) is 76.3 cm³/mol. The Kier molecular flexibility index (Phi) is 6.46. The van der Waals surface area contributed by atoms with E-state index in [1.165, 1.54) is 0 Å². The van der Waals surface area contributed by atoms with Crippen molar-refractivity contribution in [2.75, 3.05) is 26.2 Å². The number of ether oxygens (including phenoxy) is 1. The van der Waals surface area contributed by atoms with Crippen LogP contribution in [0.2, 0.25) is 0 Å². The molecule has 1 aliphatic heterocycles. The zero-order valence-electron chi connectivity index (χ0n) is 9.82. The largest absolute Gasteiger partial charge is 0.492 e. The number of hydrogen-bond acceptors (Lipinski definition) is 3. The van der Waals surface area contributed by atoms with Crippen LogP contribution in [0.5, 0.6) is 5.75 Å². The van der Waals surface area contributed by atoms with Gasteiger partial charge in [0.2, 0.25) is 5.91 Å². The summed E-state index contributed by atoms with van der Waals surface area (Å²) in [5, 5.41) is 5.92. The summed E-state index contributed by atoms with van der Waals surface area (Å²) in [7, 11) is 0. The molecule has 100 valence electrons. The van der Waals surface area contributed by atoms with Crippen molar-refractivity contribution < 1.29 is 9.53 Å². The first-order valence-corrected chi connectivity index (χ1v) is 6.42. The lowest BCUT2D eigenvalue weighted by molar-refractivity contribution is -0.126. The highest BCUT2D eigenvalue weighted by molar-refractivity contribution is 9.10. The summed E-state index contributed by atoms with van der Waals surface area (Å²) < 4.78 is 6.52. The fourth-order valence-electron chi connectivity index (χ4n) is 1.49. The number of amides is 1. The molecule has 0 aromatic heterocycles. The molecule has 0 bridgehead atoms. The summed E-state index contributed by atoms with van der Waals surface area (Å²) >= 11 is 3.36. The summed E-state index contributed by atoms with van der Waals surface area (Å²) in [5.74, 6) is 1.07. The third kappa shape index (κ3) is 4.48. The van der Waals surface area contributed by atoms with Gasteiger partial charge in [-0.05, 0) is 24.3 Å². The molecule has 1 aromatic carbocycles. The molecule has 1 aromatic rings. The molecule has 18 heavy (non-hydrogen) atoms. The molecule has 0 atom stereocenters. The maximum atomic E-state index is 11.5. The van der Waals surface area contributed by atoms with E-state index in [0.29, 0.717) is 13.2 Å². The van der Waals surface area contributed by atoms with E-state index in [1.807, 2.05) is 24.3 Å². The highest BCUT2D eigenvalue weighted by Gasteiger charge is 2.23. The molecule has 4 nitrogen and oxygen atoms in total. The minimum absolute atomic E-state index is 0. The topological polar surface area (TPSA) is 50.4 Å². The van der Waals surface area contributed by atoms with E-state index < -0.39 is 0 Å². The third-order valence-corrected chi connectivity index (χ3v) is 3.16. The normalized spacial score (nSPS) is 14.3. The van der Waals surface area contributed by atoms with E-state index in [1.54, 1.807) is 0 Å². The highest BCUT2D eigenvalue weighted by Crippen LogP contribution is 2.15. The Balaban J connectivity index is 0.00000162. The molecule has 2 N–H and O–H groups in total. The van der Waals surface area contributed by atoms with Gasteiger partial charge in [-0.3, -0.25) is 4.79 Å². The van der Waals surface area contributed by atoms with Crippen molar-refractivity contribution in [3.63, 3.8) is 0 Å². The molecule has 1 saturated heterocycles. The number of carbonyl (C=O) groups excluding carboxylic acids is 1. The lowest BCUT2D eigenvalue weighted by atomic mass is 10.0. The van der Waals surface area contributed by atoms with E-state index >= 15 is 0 Å². The molecule has 0 radical (unpaired) electrons. The molecule has 0 aliphatic carbocycles. The van der Waals surface area contributed by atoms with Crippen molar-refractivity contribution in [3.8, 4) is 5.75 Å². The van der Waals surface area contributed by atoms with Crippen LogP contribution >= 0.6 is 28.3 Å². The van der Waals surface area contributed by atoms with Crippen molar-refractivity contribution >= 4 is 34.2 Å². The van der Waals surface area contributed by atoms with Gasteiger partial charge < -0.3 is 15.4 Å². The van der Waals surface area contributed by atoms with Crippen molar-refractivity contribution in [3.05, 3.63) is 28.7 Å². The Morgan fingerprint density at radius 2 is 2.06 bits per heavy atom. The van der Waals surface area contributed by atoms with Crippen molar-refractivity contribution in [2.45, 2.75) is 0 Å². The average molecular weight is 336 g/mol. The van der Waals surface area contributed by atoms with Crippen LogP contribution in [0.3, 0.4) is 0 Å². The molecule has 6 heteroatoms. The monoisotopic (exact) mass is 334 g/mol. The van der Waals surface area contributed by atoms with Gasteiger partial charge in [0.15, 0.2) is 0 Å². The first kappa shape index (κ1) is 15.3. The Morgan fingerprint density at radius 3 is 2.61 bits per heavy atom. The van der Waals surface area contributed by atoms with E-state index in [0.717, 1.165) is 23.3 Å². The maximum Gasteiger partial charge on any atom is 0.225 e. The predicted octanol–water partition coefficient (Wildman–Crippen LogP) is 1.59. The van der Waals surface area contributed by atoms with Crippen molar-refractivity contribution in [2.24, 2.45) is 5.92 Å². The summed E-state index contributed by atoms with van der Waals surface area (Å²) in [5.41, 5.74) is 0. The first-order valence-electron chi connectivity index (χ1n) is 5.62. The average Bonchev–Trinajstić information content (AvgIpc) is 2.24. The Bertz CT molecular complexity index is 382. The van der Waals surface area contributed by atoms with Gasteiger partial charge in [0.25, 0.3) is 0 Å². The molecule has 1 aliphatic rings. The minimum atomic E-state index is 0. The third-order valence-electron chi connectivity index (χ3n) is 2.64. The van der Waals surface area contributed by atoms with Gasteiger partial charge in [-0.2, -0.15) is 0 Å². The molecule has 0 saturated carbocycles. The molecule has 2 rings (SSSR count). The van der Waals surface area contributed by atoms with Crippen LogP contribution in [0.15, 0.2) is 28.7 Å². The van der Waals surface area contributed by atoms with Gasteiger partial charge in [-0.15, -0.1) is 12.4 Å². The Labute approximate surface area is 121 Å². The van der Waals surface area contributed by atoms with Crippen LogP contribution in [0.1, 0.15) is 0 Å². The molecule has 1 amide bonds. The molecule has 1 heterocycles. The second-order valence-electron chi connectivity index (χ2n) is 3.95. The van der Waals surface area contributed by atoms with E-state index in [9.17, 15) is 4.79 Å². The number of carbonyl (C=O) groups is 1. The van der Waals surface area contributed by atoms with Crippen molar-refractivity contribution in [1.29, 1.82) is 0 Å². The molecule has 1 fully saturated rings. The van der Waals surface area contributed by atoms with Crippen LogP contribution in [-0.2, 0) is 4.79 Å². The number of rotatable bonds is 5. The lowest BCUT2D eigenvalue weighted by Gasteiger charge is -2.25. The summed E-state index contributed by atoms with van der Waals surface area (Å²) in [4.78, 5) is 11.5. The molecule has 0 spiro atoms. The van der Waals surface area contributed by atoms with Crippen LogP contribution in [0.4, 0.5) is 0 Å². The number of nitrogens with one attached hydrogen (secondary N) is 2. The fraction of sp³-hybridized carbons (Fsp3) is 0.417. The van der Waals surface area contributed by atoms with Gasteiger partial charge in [-0.25, -0.2) is 0 Å². The van der Waals surface area contributed by atoms with Crippen LogP contribution in [0, 0.1) is 5.92 Å². The van der Waals surface area contributed by atoms with E-state index in [4.69, 9.17) is 4.74 Å². The van der Waals surface area contributed by atoms with Gasteiger partial charge in [0, 0.05) is 17.6 Å².